The van der Waals surface area contributed by atoms with Crippen LogP contribution < -0.4 is 10.1 Å². The molecule has 170 valence electrons. The largest absolute Gasteiger partial charge is 0.496 e. The zero-order valence-corrected chi connectivity index (χ0v) is 19.0. The third kappa shape index (κ3) is 4.13. The second-order valence-electron chi connectivity index (χ2n) is 8.50. The van der Waals surface area contributed by atoms with E-state index < -0.39 is 0 Å². The van der Waals surface area contributed by atoms with Gasteiger partial charge in [0.25, 0.3) is 11.8 Å². The Balaban J connectivity index is 1.44. The molecule has 0 radical (unpaired) electrons. The van der Waals surface area contributed by atoms with Gasteiger partial charge in [-0.1, -0.05) is 72.8 Å². The highest BCUT2D eigenvalue weighted by Gasteiger charge is 2.31. The minimum absolute atomic E-state index is 0.0251. The molecular formula is C29H26N2O3. The first-order valence-corrected chi connectivity index (χ1v) is 11.4. The van der Waals surface area contributed by atoms with Gasteiger partial charge in [-0.25, -0.2) is 0 Å². The summed E-state index contributed by atoms with van der Waals surface area (Å²) in [6.45, 7) is 0.856. The Kier molecular flexibility index (Phi) is 6.00. The summed E-state index contributed by atoms with van der Waals surface area (Å²) < 4.78 is 5.34. The van der Waals surface area contributed by atoms with Gasteiger partial charge in [-0.15, -0.1) is 0 Å². The van der Waals surface area contributed by atoms with Crippen LogP contribution in [-0.2, 0) is 13.0 Å². The van der Waals surface area contributed by atoms with Crippen molar-refractivity contribution in [2.75, 3.05) is 13.7 Å². The highest BCUT2D eigenvalue weighted by Crippen LogP contribution is 2.27. The molecule has 1 heterocycles. The van der Waals surface area contributed by atoms with E-state index in [2.05, 4.69) is 17.4 Å². The first-order chi connectivity index (χ1) is 16.7. The number of rotatable bonds is 5. The standard InChI is InChI=1S/C29H26N2O3/c1-34-27-16-7-6-14-26(27)28(32)30-18-23-17-21-10-2-3-11-22(21)19-31(23)29(33)25-15-8-12-20-9-4-5-13-24(20)25/h2-16,23H,17-19H2,1H3,(H,30,32)/t23-/m0/s1. The van der Waals surface area contributed by atoms with Gasteiger partial charge in [0, 0.05) is 18.7 Å². The van der Waals surface area contributed by atoms with E-state index in [1.807, 2.05) is 71.6 Å². The Bertz CT molecular complexity index is 1360. The van der Waals surface area contributed by atoms with E-state index >= 15 is 0 Å². The Morgan fingerprint density at radius 3 is 2.38 bits per heavy atom. The smallest absolute Gasteiger partial charge is 0.255 e. The number of fused-ring (bicyclic) bond motifs is 2. The fraction of sp³-hybridized carbons (Fsp3) is 0.172. The van der Waals surface area contributed by atoms with Crippen LogP contribution in [0.1, 0.15) is 31.8 Å². The summed E-state index contributed by atoms with van der Waals surface area (Å²) in [6, 6.07) is 28.9. The monoisotopic (exact) mass is 450 g/mol. The number of hydrogen-bond donors (Lipinski definition) is 1. The molecule has 1 atom stereocenters. The lowest BCUT2D eigenvalue weighted by Crippen LogP contribution is -2.50. The second kappa shape index (κ2) is 9.40. The predicted molar refractivity (Wildman–Crippen MR) is 133 cm³/mol. The first-order valence-electron chi connectivity index (χ1n) is 11.4. The summed E-state index contributed by atoms with van der Waals surface area (Å²) in [6.07, 6.45) is 0.679. The summed E-state index contributed by atoms with van der Waals surface area (Å²) >= 11 is 0. The minimum atomic E-state index is -0.214. The maximum Gasteiger partial charge on any atom is 0.255 e. The van der Waals surface area contributed by atoms with Crippen molar-refractivity contribution < 1.29 is 14.3 Å². The first kappa shape index (κ1) is 21.7. The van der Waals surface area contributed by atoms with Crippen molar-refractivity contribution in [3.8, 4) is 5.75 Å². The average Bonchev–Trinajstić information content (AvgIpc) is 2.90. The molecule has 1 aliphatic rings. The number of carbonyl (C=O) groups excluding carboxylic acids is 2. The van der Waals surface area contributed by atoms with E-state index in [1.54, 1.807) is 19.2 Å². The van der Waals surface area contributed by atoms with E-state index in [4.69, 9.17) is 4.74 Å². The number of amides is 2. The minimum Gasteiger partial charge on any atom is -0.496 e. The van der Waals surface area contributed by atoms with Gasteiger partial charge < -0.3 is 15.0 Å². The van der Waals surface area contributed by atoms with Crippen molar-refractivity contribution in [1.82, 2.24) is 10.2 Å². The van der Waals surface area contributed by atoms with Gasteiger partial charge in [0.05, 0.1) is 18.7 Å². The van der Waals surface area contributed by atoms with Crippen molar-refractivity contribution in [2.24, 2.45) is 0 Å². The number of carbonyl (C=O) groups is 2. The van der Waals surface area contributed by atoms with Crippen LogP contribution in [0.5, 0.6) is 5.75 Å². The Morgan fingerprint density at radius 1 is 0.853 bits per heavy atom. The SMILES string of the molecule is COc1ccccc1C(=O)NC[C@@H]1Cc2ccccc2CN1C(=O)c1cccc2ccccc12. The molecular weight excluding hydrogens is 424 g/mol. The zero-order chi connectivity index (χ0) is 23.5. The summed E-state index contributed by atoms with van der Waals surface area (Å²) in [5, 5.41) is 5.00. The van der Waals surface area contributed by atoms with Gasteiger partial charge in [-0.2, -0.15) is 0 Å². The highest BCUT2D eigenvalue weighted by atomic mass is 16.5. The third-order valence-corrected chi connectivity index (χ3v) is 6.49. The maximum absolute atomic E-state index is 13.8. The molecule has 2 amide bonds. The summed E-state index contributed by atoms with van der Waals surface area (Å²) in [4.78, 5) is 28.7. The van der Waals surface area contributed by atoms with Gasteiger partial charge in [0.15, 0.2) is 0 Å². The van der Waals surface area contributed by atoms with Crippen molar-refractivity contribution in [3.05, 3.63) is 113 Å². The van der Waals surface area contributed by atoms with Gasteiger partial charge in [0.1, 0.15) is 5.75 Å². The number of hydrogen-bond acceptors (Lipinski definition) is 3. The van der Waals surface area contributed by atoms with E-state index in [0.717, 1.165) is 16.3 Å². The highest BCUT2D eigenvalue weighted by molar-refractivity contribution is 6.07. The molecule has 34 heavy (non-hydrogen) atoms. The van der Waals surface area contributed by atoms with Crippen molar-refractivity contribution in [3.63, 3.8) is 0 Å². The lowest BCUT2D eigenvalue weighted by molar-refractivity contribution is 0.0630. The predicted octanol–water partition coefficient (Wildman–Crippen LogP) is 4.85. The van der Waals surface area contributed by atoms with Crippen molar-refractivity contribution in [2.45, 2.75) is 19.0 Å². The number of ether oxygens (including phenoxy) is 1. The normalized spacial score (nSPS) is 15.0. The average molecular weight is 451 g/mol. The number of benzene rings is 4. The second-order valence-corrected chi connectivity index (χ2v) is 8.50. The molecule has 5 rings (SSSR count). The maximum atomic E-state index is 13.8. The summed E-state index contributed by atoms with van der Waals surface area (Å²) in [5.74, 6) is 0.286. The number of nitrogens with zero attached hydrogens (tertiary/aromatic N) is 1. The van der Waals surface area contributed by atoms with Crippen LogP contribution in [0.4, 0.5) is 0 Å². The lowest BCUT2D eigenvalue weighted by Gasteiger charge is -2.37. The molecule has 0 aliphatic carbocycles. The van der Waals surface area contributed by atoms with Gasteiger partial charge >= 0.3 is 0 Å². The molecule has 1 aliphatic heterocycles. The van der Waals surface area contributed by atoms with Gasteiger partial charge in [0.2, 0.25) is 0 Å². The molecule has 4 aromatic carbocycles. The summed E-state index contributed by atoms with van der Waals surface area (Å²) in [5.41, 5.74) is 3.51. The fourth-order valence-corrected chi connectivity index (χ4v) is 4.71. The number of nitrogens with one attached hydrogen (secondary N) is 1. The topological polar surface area (TPSA) is 58.6 Å². The molecule has 5 heteroatoms. The molecule has 0 unspecified atom stereocenters. The molecule has 0 bridgehead atoms. The van der Waals surface area contributed by atoms with E-state index in [0.29, 0.717) is 36.4 Å². The number of methoxy groups -OCH3 is 1. The van der Waals surface area contributed by atoms with Gasteiger partial charge in [-0.05, 0) is 46.5 Å². The van der Waals surface area contributed by atoms with Gasteiger partial charge in [-0.3, -0.25) is 9.59 Å². The van der Waals surface area contributed by atoms with Crippen molar-refractivity contribution in [1.29, 1.82) is 0 Å². The third-order valence-electron chi connectivity index (χ3n) is 6.49. The Hall–Kier alpha value is -4.12. The van der Waals surface area contributed by atoms with Crippen LogP contribution in [0.25, 0.3) is 10.8 Å². The van der Waals surface area contributed by atoms with Crippen LogP contribution in [-0.4, -0.2) is 36.4 Å². The molecule has 5 nitrogen and oxygen atoms in total. The van der Waals surface area contributed by atoms with Crippen LogP contribution in [0.3, 0.4) is 0 Å². The Labute approximate surface area is 199 Å². The van der Waals surface area contributed by atoms with E-state index in [9.17, 15) is 9.59 Å². The van der Waals surface area contributed by atoms with E-state index in [-0.39, 0.29) is 17.9 Å². The molecule has 0 saturated carbocycles. The number of para-hydroxylation sites is 1. The molecule has 1 N–H and O–H groups in total. The van der Waals surface area contributed by atoms with E-state index in [1.165, 1.54) is 5.56 Å². The quantitative estimate of drug-likeness (QED) is 0.473. The molecule has 4 aromatic rings. The molecule has 0 aromatic heterocycles. The Morgan fingerprint density at radius 2 is 1.53 bits per heavy atom. The van der Waals surface area contributed by atoms with Crippen LogP contribution in [0.2, 0.25) is 0 Å². The molecule has 0 spiro atoms. The molecule has 0 saturated heterocycles. The zero-order valence-electron chi connectivity index (χ0n) is 19.0. The lowest BCUT2D eigenvalue weighted by atomic mass is 9.92. The summed E-state index contributed by atoms with van der Waals surface area (Å²) in [7, 11) is 1.55. The molecule has 0 fully saturated rings. The van der Waals surface area contributed by atoms with Crippen LogP contribution >= 0.6 is 0 Å². The van der Waals surface area contributed by atoms with Crippen LogP contribution in [0.15, 0.2) is 91.0 Å². The van der Waals surface area contributed by atoms with Crippen molar-refractivity contribution >= 4 is 22.6 Å². The van der Waals surface area contributed by atoms with Crippen LogP contribution in [0, 0.1) is 0 Å². The fourth-order valence-electron chi connectivity index (χ4n) is 4.71.